The Hall–Kier alpha value is -0.530. The Morgan fingerprint density at radius 1 is 1.36 bits per heavy atom. The van der Waals surface area contributed by atoms with Crippen molar-refractivity contribution in [3.63, 3.8) is 0 Å². The molecular formula is C11H12Cl2O. The maximum Gasteiger partial charge on any atom is 0.164 e. The minimum Gasteiger partial charge on any atom is -0.294 e. The number of Topliss-reactive ketones (excluding diaryl/α,β-unsaturated/α-hetero) is 1. The van der Waals surface area contributed by atoms with Crippen molar-refractivity contribution in [1.82, 2.24) is 0 Å². The number of benzene rings is 1. The first-order valence-electron chi connectivity index (χ1n) is 4.44. The van der Waals surface area contributed by atoms with Gasteiger partial charge in [0, 0.05) is 23.7 Å². The highest BCUT2D eigenvalue weighted by Crippen LogP contribution is 2.18. The Bertz CT molecular complexity index is 334. The Kier molecular flexibility index (Phi) is 4.43. The first-order valence-corrected chi connectivity index (χ1v) is 5.51. The minimum atomic E-state index is 0.0775. The van der Waals surface area contributed by atoms with E-state index in [0.717, 1.165) is 16.7 Å². The van der Waals surface area contributed by atoms with E-state index in [1.807, 2.05) is 25.1 Å². The molecule has 76 valence electrons. The zero-order valence-electron chi connectivity index (χ0n) is 8.02. The summed E-state index contributed by atoms with van der Waals surface area (Å²) in [6, 6.07) is 5.70. The number of carbonyl (C=O) groups excluding carboxylic acids is 1. The lowest BCUT2D eigenvalue weighted by Gasteiger charge is -2.08. The predicted molar refractivity (Wildman–Crippen MR) is 60.4 cm³/mol. The van der Waals surface area contributed by atoms with Crippen LogP contribution in [0.15, 0.2) is 18.2 Å². The molecule has 0 heterocycles. The van der Waals surface area contributed by atoms with Gasteiger partial charge in [0.05, 0.1) is 0 Å². The maximum atomic E-state index is 11.7. The van der Waals surface area contributed by atoms with Gasteiger partial charge in [-0.25, -0.2) is 0 Å². The van der Waals surface area contributed by atoms with Gasteiger partial charge >= 0.3 is 0 Å². The second kappa shape index (κ2) is 5.38. The summed E-state index contributed by atoms with van der Waals surface area (Å²) < 4.78 is 0. The Morgan fingerprint density at radius 3 is 2.64 bits per heavy atom. The van der Waals surface area contributed by atoms with Crippen LogP contribution in [0.1, 0.15) is 27.9 Å². The van der Waals surface area contributed by atoms with E-state index in [1.165, 1.54) is 0 Å². The zero-order valence-corrected chi connectivity index (χ0v) is 9.53. The summed E-state index contributed by atoms with van der Waals surface area (Å²) in [6.07, 6.45) is 0.371. The summed E-state index contributed by atoms with van der Waals surface area (Å²) in [7, 11) is 0. The molecule has 0 fully saturated rings. The van der Waals surface area contributed by atoms with Crippen molar-refractivity contribution >= 4 is 29.0 Å². The number of aryl methyl sites for hydroxylation is 1. The number of hydrogen-bond acceptors (Lipinski definition) is 1. The molecule has 0 aromatic heterocycles. The van der Waals surface area contributed by atoms with E-state index in [4.69, 9.17) is 23.2 Å². The normalized spacial score (nSPS) is 10.2. The molecule has 1 rings (SSSR count). The lowest BCUT2D eigenvalue weighted by atomic mass is 9.98. The van der Waals surface area contributed by atoms with E-state index in [2.05, 4.69) is 0 Å². The quantitative estimate of drug-likeness (QED) is 0.572. The van der Waals surface area contributed by atoms with Crippen molar-refractivity contribution in [3.8, 4) is 0 Å². The third kappa shape index (κ3) is 2.49. The van der Waals surface area contributed by atoms with E-state index >= 15 is 0 Å². The number of halogens is 2. The summed E-state index contributed by atoms with van der Waals surface area (Å²) in [5.41, 5.74) is 2.60. The predicted octanol–water partition coefficient (Wildman–Crippen LogP) is 3.55. The fourth-order valence-electron chi connectivity index (χ4n) is 1.45. The molecule has 0 aliphatic carbocycles. The highest BCUT2D eigenvalue weighted by Gasteiger charge is 2.12. The number of ketones is 1. The number of carbonyl (C=O) groups is 1. The third-order valence-corrected chi connectivity index (χ3v) is 2.58. The van der Waals surface area contributed by atoms with Gasteiger partial charge in [-0.1, -0.05) is 18.2 Å². The monoisotopic (exact) mass is 230 g/mol. The standard InChI is InChI=1S/C11H12Cl2O/c1-8-3-2-4-9(7-13)11(8)10(14)5-6-12/h2-4H,5-7H2,1H3. The number of rotatable bonds is 4. The van der Waals surface area contributed by atoms with Crippen LogP contribution in [0.4, 0.5) is 0 Å². The van der Waals surface area contributed by atoms with Crippen LogP contribution in [0.2, 0.25) is 0 Å². The van der Waals surface area contributed by atoms with Crippen LogP contribution in [-0.4, -0.2) is 11.7 Å². The van der Waals surface area contributed by atoms with E-state index < -0.39 is 0 Å². The van der Waals surface area contributed by atoms with Gasteiger partial charge in [-0.05, 0) is 18.1 Å². The summed E-state index contributed by atoms with van der Waals surface area (Å²) in [5, 5.41) is 0. The summed E-state index contributed by atoms with van der Waals surface area (Å²) in [6.45, 7) is 1.91. The van der Waals surface area contributed by atoms with Gasteiger partial charge in [-0.3, -0.25) is 4.79 Å². The highest BCUT2D eigenvalue weighted by molar-refractivity contribution is 6.20. The molecule has 1 aromatic rings. The topological polar surface area (TPSA) is 17.1 Å². The Labute approximate surface area is 94.0 Å². The lowest BCUT2D eigenvalue weighted by molar-refractivity contribution is 0.0988. The molecule has 0 bridgehead atoms. The zero-order chi connectivity index (χ0) is 10.6. The van der Waals surface area contributed by atoms with Gasteiger partial charge in [-0.2, -0.15) is 0 Å². The fourth-order valence-corrected chi connectivity index (χ4v) is 1.84. The highest BCUT2D eigenvalue weighted by atomic mass is 35.5. The van der Waals surface area contributed by atoms with Crippen LogP contribution >= 0.6 is 23.2 Å². The molecule has 0 aliphatic rings. The smallest absolute Gasteiger partial charge is 0.164 e. The molecule has 0 atom stereocenters. The van der Waals surface area contributed by atoms with Crippen LogP contribution in [0.5, 0.6) is 0 Å². The molecule has 0 aliphatic heterocycles. The van der Waals surface area contributed by atoms with Crippen LogP contribution in [0, 0.1) is 6.92 Å². The molecule has 0 amide bonds. The average Bonchev–Trinajstić information content (AvgIpc) is 2.17. The molecule has 0 saturated heterocycles. The molecule has 0 saturated carbocycles. The van der Waals surface area contributed by atoms with Gasteiger partial charge < -0.3 is 0 Å². The van der Waals surface area contributed by atoms with Crippen molar-refractivity contribution in [2.75, 3.05) is 5.88 Å². The van der Waals surface area contributed by atoms with Gasteiger partial charge in [0.2, 0.25) is 0 Å². The van der Waals surface area contributed by atoms with Crippen LogP contribution < -0.4 is 0 Å². The van der Waals surface area contributed by atoms with Gasteiger partial charge in [0.15, 0.2) is 5.78 Å². The first-order chi connectivity index (χ1) is 6.70. The Balaban J connectivity index is 3.10. The van der Waals surface area contributed by atoms with E-state index in [0.29, 0.717) is 18.2 Å². The third-order valence-electron chi connectivity index (χ3n) is 2.10. The minimum absolute atomic E-state index is 0.0775. The second-order valence-corrected chi connectivity index (χ2v) is 3.75. The molecule has 1 nitrogen and oxygen atoms in total. The molecule has 0 radical (unpaired) electrons. The number of hydrogen-bond donors (Lipinski definition) is 0. The molecule has 0 spiro atoms. The van der Waals surface area contributed by atoms with Gasteiger partial charge in [-0.15, -0.1) is 23.2 Å². The largest absolute Gasteiger partial charge is 0.294 e. The first kappa shape index (κ1) is 11.5. The van der Waals surface area contributed by atoms with Crippen molar-refractivity contribution < 1.29 is 4.79 Å². The van der Waals surface area contributed by atoms with Crippen LogP contribution in [0.25, 0.3) is 0 Å². The molecule has 0 unspecified atom stereocenters. The van der Waals surface area contributed by atoms with E-state index in [9.17, 15) is 4.79 Å². The van der Waals surface area contributed by atoms with Crippen molar-refractivity contribution in [2.24, 2.45) is 0 Å². The molecule has 0 N–H and O–H groups in total. The molecule has 1 aromatic carbocycles. The lowest BCUT2D eigenvalue weighted by Crippen LogP contribution is -2.06. The SMILES string of the molecule is Cc1cccc(CCl)c1C(=O)CCCl. The van der Waals surface area contributed by atoms with Crippen molar-refractivity contribution in [3.05, 3.63) is 34.9 Å². The van der Waals surface area contributed by atoms with Crippen molar-refractivity contribution in [2.45, 2.75) is 19.2 Å². The van der Waals surface area contributed by atoms with Gasteiger partial charge in [0.25, 0.3) is 0 Å². The maximum absolute atomic E-state index is 11.7. The second-order valence-electron chi connectivity index (χ2n) is 3.10. The summed E-state index contributed by atoms with van der Waals surface area (Å²) >= 11 is 11.3. The van der Waals surface area contributed by atoms with E-state index in [-0.39, 0.29) is 5.78 Å². The van der Waals surface area contributed by atoms with Crippen LogP contribution in [0.3, 0.4) is 0 Å². The van der Waals surface area contributed by atoms with Crippen molar-refractivity contribution in [1.29, 1.82) is 0 Å². The van der Waals surface area contributed by atoms with Crippen LogP contribution in [-0.2, 0) is 5.88 Å². The molecule has 3 heteroatoms. The fraction of sp³-hybridized carbons (Fsp3) is 0.364. The Morgan fingerprint density at radius 2 is 2.07 bits per heavy atom. The molecular weight excluding hydrogens is 219 g/mol. The average molecular weight is 231 g/mol. The summed E-state index contributed by atoms with van der Waals surface area (Å²) in [4.78, 5) is 11.7. The summed E-state index contributed by atoms with van der Waals surface area (Å²) in [5.74, 6) is 0.800. The van der Waals surface area contributed by atoms with E-state index in [1.54, 1.807) is 0 Å². The van der Waals surface area contributed by atoms with Gasteiger partial charge in [0.1, 0.15) is 0 Å². The number of alkyl halides is 2. The molecule has 14 heavy (non-hydrogen) atoms.